The molecule has 1 aliphatic heterocycles. The van der Waals surface area contributed by atoms with Gasteiger partial charge in [0.2, 0.25) is 0 Å². The third-order valence-electron chi connectivity index (χ3n) is 3.88. The molecule has 116 valence electrons. The summed E-state index contributed by atoms with van der Waals surface area (Å²) in [5, 5.41) is 4.45. The van der Waals surface area contributed by atoms with Crippen LogP contribution in [0.3, 0.4) is 0 Å². The molecule has 3 heterocycles. The number of hydrogen-bond donors (Lipinski definition) is 1. The van der Waals surface area contributed by atoms with Gasteiger partial charge in [-0.15, -0.1) is 11.3 Å². The van der Waals surface area contributed by atoms with Crippen molar-refractivity contribution in [3.63, 3.8) is 0 Å². The van der Waals surface area contributed by atoms with Crippen LogP contribution in [0.15, 0.2) is 42.7 Å². The second kappa shape index (κ2) is 5.66. The third kappa shape index (κ3) is 2.68. The van der Waals surface area contributed by atoms with Crippen molar-refractivity contribution in [1.29, 1.82) is 0 Å². The molecule has 0 saturated heterocycles. The average molecular weight is 323 g/mol. The Morgan fingerprint density at radius 2 is 2.00 bits per heavy atom. The number of hydrogen-bond acceptors (Lipinski definition) is 5. The molecular formula is C18H17N3OS. The van der Waals surface area contributed by atoms with Crippen LogP contribution in [0.1, 0.15) is 11.8 Å². The Morgan fingerprint density at radius 3 is 2.83 bits per heavy atom. The fourth-order valence-corrected chi connectivity index (χ4v) is 3.65. The van der Waals surface area contributed by atoms with Crippen molar-refractivity contribution < 1.29 is 4.74 Å². The highest BCUT2D eigenvalue weighted by Gasteiger charge is 2.18. The molecule has 0 aliphatic carbocycles. The van der Waals surface area contributed by atoms with Crippen molar-refractivity contribution in [3.8, 4) is 27.6 Å². The lowest BCUT2D eigenvalue weighted by Crippen LogP contribution is -2.27. The summed E-state index contributed by atoms with van der Waals surface area (Å²) in [7, 11) is 0. The molecule has 2 aromatic heterocycles. The van der Waals surface area contributed by atoms with Gasteiger partial charge in [0, 0.05) is 28.4 Å². The van der Waals surface area contributed by atoms with Gasteiger partial charge >= 0.3 is 0 Å². The zero-order valence-electron chi connectivity index (χ0n) is 13.0. The Hall–Kier alpha value is -2.40. The Labute approximate surface area is 139 Å². The number of nitrogens with one attached hydrogen (secondary N) is 1. The van der Waals surface area contributed by atoms with E-state index in [1.807, 2.05) is 18.2 Å². The first kappa shape index (κ1) is 14.2. The van der Waals surface area contributed by atoms with Crippen molar-refractivity contribution in [2.24, 2.45) is 0 Å². The highest BCUT2D eigenvalue weighted by atomic mass is 32.1. The number of aryl methyl sites for hydroxylation is 1. The fraction of sp³-hybridized carbons (Fsp3) is 0.222. The van der Waals surface area contributed by atoms with Crippen LogP contribution < -0.4 is 10.1 Å². The van der Waals surface area contributed by atoms with Crippen molar-refractivity contribution in [2.75, 3.05) is 11.9 Å². The molecule has 0 bridgehead atoms. The molecule has 1 N–H and O–H groups in total. The van der Waals surface area contributed by atoms with Crippen LogP contribution in [0.5, 0.6) is 5.75 Å². The number of thiazole rings is 1. The second-order valence-corrected chi connectivity index (χ2v) is 6.88. The van der Waals surface area contributed by atoms with E-state index < -0.39 is 0 Å². The molecule has 1 aromatic carbocycles. The molecule has 4 nitrogen and oxygen atoms in total. The highest BCUT2D eigenvalue weighted by Crippen LogP contribution is 2.37. The number of aromatic nitrogens is 2. The SMILES string of the molecule is Cc1sc(-c2ccncc2)nc1-c1ccc2c(c1)NCC(C)O2. The molecule has 0 spiro atoms. The number of fused-ring (bicyclic) bond motifs is 1. The quantitative estimate of drug-likeness (QED) is 0.760. The lowest BCUT2D eigenvalue weighted by atomic mass is 10.1. The number of ether oxygens (including phenoxy) is 1. The second-order valence-electron chi connectivity index (χ2n) is 5.68. The van der Waals surface area contributed by atoms with Crippen LogP contribution >= 0.6 is 11.3 Å². The van der Waals surface area contributed by atoms with Crippen LogP contribution in [0.25, 0.3) is 21.8 Å². The summed E-state index contributed by atoms with van der Waals surface area (Å²) < 4.78 is 5.84. The zero-order valence-corrected chi connectivity index (χ0v) is 13.9. The molecule has 0 fully saturated rings. The van der Waals surface area contributed by atoms with Crippen LogP contribution in [-0.4, -0.2) is 22.6 Å². The van der Waals surface area contributed by atoms with Crippen LogP contribution in [-0.2, 0) is 0 Å². The van der Waals surface area contributed by atoms with Gasteiger partial charge in [-0.3, -0.25) is 4.98 Å². The van der Waals surface area contributed by atoms with Crippen LogP contribution in [0.2, 0.25) is 0 Å². The zero-order chi connectivity index (χ0) is 15.8. The topological polar surface area (TPSA) is 47.0 Å². The number of rotatable bonds is 2. The van der Waals surface area contributed by atoms with E-state index >= 15 is 0 Å². The van der Waals surface area contributed by atoms with Gasteiger partial charge in [0.05, 0.1) is 17.9 Å². The number of anilines is 1. The van der Waals surface area contributed by atoms with Gasteiger partial charge in [0.1, 0.15) is 16.9 Å². The average Bonchev–Trinajstić information content (AvgIpc) is 2.97. The Balaban J connectivity index is 1.73. The molecule has 3 aromatic rings. The third-order valence-corrected chi connectivity index (χ3v) is 4.90. The van der Waals surface area contributed by atoms with Gasteiger partial charge in [-0.1, -0.05) is 0 Å². The summed E-state index contributed by atoms with van der Waals surface area (Å²) in [5.74, 6) is 0.912. The maximum atomic E-state index is 5.84. The molecule has 1 aliphatic rings. The highest BCUT2D eigenvalue weighted by molar-refractivity contribution is 7.15. The minimum atomic E-state index is 0.202. The first-order valence-electron chi connectivity index (χ1n) is 7.63. The summed E-state index contributed by atoms with van der Waals surface area (Å²) in [6, 6.07) is 10.2. The minimum absolute atomic E-state index is 0.202. The molecular weight excluding hydrogens is 306 g/mol. The lowest BCUT2D eigenvalue weighted by Gasteiger charge is -2.25. The molecule has 0 radical (unpaired) electrons. The van der Waals surface area contributed by atoms with Crippen molar-refractivity contribution in [3.05, 3.63) is 47.6 Å². The lowest BCUT2D eigenvalue weighted by molar-refractivity contribution is 0.226. The maximum Gasteiger partial charge on any atom is 0.142 e. The summed E-state index contributed by atoms with van der Waals surface area (Å²) in [6.45, 7) is 5.01. The molecule has 1 atom stereocenters. The van der Waals surface area contributed by atoms with Gasteiger partial charge in [-0.05, 0) is 44.2 Å². The first-order chi connectivity index (χ1) is 11.2. The summed E-state index contributed by atoms with van der Waals surface area (Å²) in [6.07, 6.45) is 3.80. The van der Waals surface area contributed by atoms with E-state index in [1.54, 1.807) is 23.7 Å². The molecule has 1 unspecified atom stereocenters. The van der Waals surface area contributed by atoms with Gasteiger partial charge in [-0.2, -0.15) is 0 Å². The minimum Gasteiger partial charge on any atom is -0.487 e. The van der Waals surface area contributed by atoms with Crippen molar-refractivity contribution in [1.82, 2.24) is 9.97 Å². The van der Waals surface area contributed by atoms with E-state index in [0.717, 1.165) is 39.8 Å². The monoisotopic (exact) mass is 323 g/mol. The van der Waals surface area contributed by atoms with Crippen molar-refractivity contribution >= 4 is 17.0 Å². The summed E-state index contributed by atoms with van der Waals surface area (Å²) >= 11 is 1.71. The summed E-state index contributed by atoms with van der Waals surface area (Å²) in [4.78, 5) is 10.1. The molecule has 0 amide bonds. The van der Waals surface area contributed by atoms with E-state index in [4.69, 9.17) is 9.72 Å². The Morgan fingerprint density at radius 1 is 1.17 bits per heavy atom. The Bertz CT molecular complexity index is 845. The molecule has 23 heavy (non-hydrogen) atoms. The largest absolute Gasteiger partial charge is 0.487 e. The van der Waals surface area contributed by atoms with Gasteiger partial charge in [0.15, 0.2) is 0 Å². The van der Waals surface area contributed by atoms with Gasteiger partial charge < -0.3 is 10.1 Å². The smallest absolute Gasteiger partial charge is 0.142 e. The molecule has 5 heteroatoms. The fourth-order valence-electron chi connectivity index (χ4n) is 2.71. The Kier molecular flexibility index (Phi) is 3.50. The van der Waals surface area contributed by atoms with E-state index in [1.165, 1.54) is 4.88 Å². The van der Waals surface area contributed by atoms with Crippen LogP contribution in [0.4, 0.5) is 5.69 Å². The predicted molar refractivity (Wildman–Crippen MR) is 94.1 cm³/mol. The molecule has 4 rings (SSSR count). The number of pyridine rings is 1. The number of benzene rings is 1. The van der Waals surface area contributed by atoms with E-state index in [-0.39, 0.29) is 6.10 Å². The standard InChI is InChI=1S/C18H17N3OS/c1-11-10-20-15-9-14(3-4-16(15)22-11)17-12(2)23-18(21-17)13-5-7-19-8-6-13/h3-9,11,20H,10H2,1-2H3. The summed E-state index contributed by atoms with van der Waals surface area (Å²) in [5.41, 5.74) is 4.29. The van der Waals surface area contributed by atoms with Crippen molar-refractivity contribution in [2.45, 2.75) is 20.0 Å². The first-order valence-corrected chi connectivity index (χ1v) is 8.45. The van der Waals surface area contributed by atoms with Crippen LogP contribution in [0, 0.1) is 6.92 Å². The van der Waals surface area contributed by atoms with E-state index in [0.29, 0.717) is 0 Å². The van der Waals surface area contributed by atoms with E-state index in [2.05, 4.69) is 36.3 Å². The normalized spacial score (nSPS) is 16.3. The van der Waals surface area contributed by atoms with Gasteiger partial charge in [0.25, 0.3) is 0 Å². The van der Waals surface area contributed by atoms with Gasteiger partial charge in [-0.25, -0.2) is 4.98 Å². The maximum absolute atomic E-state index is 5.84. The van der Waals surface area contributed by atoms with E-state index in [9.17, 15) is 0 Å². The number of nitrogens with zero attached hydrogens (tertiary/aromatic N) is 2. The predicted octanol–water partition coefficient (Wildman–Crippen LogP) is 4.37. The molecule has 0 saturated carbocycles.